The second kappa shape index (κ2) is 11.9. The first-order chi connectivity index (χ1) is 18.4. The fourth-order valence-electron chi connectivity index (χ4n) is 4.13. The number of ether oxygens (including phenoxy) is 2. The largest absolute Gasteiger partial charge is 0.444 e. The predicted molar refractivity (Wildman–Crippen MR) is 147 cm³/mol. The van der Waals surface area contributed by atoms with Gasteiger partial charge in [0.2, 0.25) is 5.88 Å². The average Bonchev–Trinajstić information content (AvgIpc) is 3.49. The van der Waals surface area contributed by atoms with Crippen LogP contribution in [0, 0.1) is 5.92 Å². The first-order valence-electron chi connectivity index (χ1n) is 12.6. The van der Waals surface area contributed by atoms with Crippen LogP contribution in [-0.2, 0) is 24.6 Å². The average molecular weight is 586 g/mol. The lowest BCUT2D eigenvalue weighted by Gasteiger charge is -2.25. The fraction of sp³-hybridized carbons (Fsp3) is 0.583. The maximum absolute atomic E-state index is 13.3. The van der Waals surface area contributed by atoms with E-state index in [-0.39, 0.29) is 22.9 Å². The van der Waals surface area contributed by atoms with E-state index in [4.69, 9.17) is 17.0 Å². The number of halogens is 2. The first kappa shape index (κ1) is 28.8. The molecule has 2 aliphatic carbocycles. The highest BCUT2D eigenvalue weighted by Gasteiger charge is 2.32. The Bertz CT molecular complexity index is 1220. The Labute approximate surface area is 234 Å². The molecule has 1 fully saturated rings. The van der Waals surface area contributed by atoms with Gasteiger partial charge in [0.1, 0.15) is 16.4 Å². The standard InChI is InChI=1S/C24H33F2N7O4S2/c1-24(2,3)37-23(35)29-20-18(19(34)27-11-12-5-6-12)14-9-13(7-8-15(14)39-20)28-22(38)31-30-16-10-17(32-33(16)4)36-21(25)26/h10,12-13,21,30H,5-9,11H2,1-4H3,(H,27,34)(H,29,35)(H2,28,31,38)/t13-/m0/s1. The molecule has 2 heterocycles. The summed E-state index contributed by atoms with van der Waals surface area (Å²) in [6, 6.07) is 1.23. The van der Waals surface area contributed by atoms with Gasteiger partial charge in [-0.1, -0.05) is 0 Å². The summed E-state index contributed by atoms with van der Waals surface area (Å²) >= 11 is 6.81. The van der Waals surface area contributed by atoms with Crippen molar-refractivity contribution >= 4 is 51.5 Å². The third kappa shape index (κ3) is 8.14. The van der Waals surface area contributed by atoms with Crippen molar-refractivity contribution in [3.8, 4) is 5.88 Å². The number of aromatic nitrogens is 2. The van der Waals surface area contributed by atoms with E-state index in [0.29, 0.717) is 41.7 Å². The van der Waals surface area contributed by atoms with Gasteiger partial charge in [-0.05, 0) is 76.6 Å². The number of hydrazine groups is 1. The number of hydrogen-bond donors (Lipinski definition) is 5. The summed E-state index contributed by atoms with van der Waals surface area (Å²) in [5.41, 5.74) is 6.31. The Morgan fingerprint density at radius 3 is 2.69 bits per heavy atom. The summed E-state index contributed by atoms with van der Waals surface area (Å²) in [5, 5.41) is 13.6. The molecule has 0 radical (unpaired) electrons. The van der Waals surface area contributed by atoms with Crippen molar-refractivity contribution in [2.75, 3.05) is 17.3 Å². The summed E-state index contributed by atoms with van der Waals surface area (Å²) in [7, 11) is 1.57. The first-order valence-corrected chi connectivity index (χ1v) is 13.8. The summed E-state index contributed by atoms with van der Waals surface area (Å²) in [6.45, 7) is 2.97. The maximum atomic E-state index is 13.3. The molecule has 0 aliphatic heterocycles. The number of rotatable bonds is 9. The SMILES string of the molecule is Cn1nc(OC(F)F)cc1NNC(=S)N[C@H]1CCc2sc(NC(=O)OC(C)(C)C)c(C(=O)NCC3CC3)c2C1. The molecular formula is C24H33F2N7O4S2. The van der Waals surface area contributed by atoms with Gasteiger partial charge in [0, 0.05) is 30.6 Å². The van der Waals surface area contributed by atoms with Crippen molar-refractivity contribution in [3.05, 3.63) is 22.1 Å². The third-order valence-corrected chi connectivity index (χ3v) is 7.48. The third-order valence-electron chi connectivity index (χ3n) is 6.06. The van der Waals surface area contributed by atoms with Gasteiger partial charge < -0.3 is 20.1 Å². The van der Waals surface area contributed by atoms with Crippen LogP contribution >= 0.6 is 23.6 Å². The molecule has 0 unspecified atom stereocenters. The maximum Gasteiger partial charge on any atom is 0.412 e. The molecule has 214 valence electrons. The minimum absolute atomic E-state index is 0.0810. The number of thiocarbonyl (C=S) groups is 1. The van der Waals surface area contributed by atoms with Gasteiger partial charge in [-0.3, -0.25) is 21.0 Å². The summed E-state index contributed by atoms with van der Waals surface area (Å²) in [5.74, 6) is 0.433. The summed E-state index contributed by atoms with van der Waals surface area (Å²) in [6.07, 6.45) is 3.57. The van der Waals surface area contributed by atoms with E-state index in [1.807, 2.05) is 0 Å². The van der Waals surface area contributed by atoms with Gasteiger partial charge in [-0.25, -0.2) is 9.48 Å². The molecule has 0 spiro atoms. The lowest BCUT2D eigenvalue weighted by Crippen LogP contribution is -2.46. The van der Waals surface area contributed by atoms with Crippen LogP contribution in [-0.4, -0.2) is 51.7 Å². The number of anilines is 2. The van der Waals surface area contributed by atoms with Crippen LogP contribution in [0.5, 0.6) is 5.88 Å². The summed E-state index contributed by atoms with van der Waals surface area (Å²) < 4.78 is 35.9. The number of carbonyl (C=O) groups is 2. The number of thiophene rings is 1. The summed E-state index contributed by atoms with van der Waals surface area (Å²) in [4.78, 5) is 26.8. The van der Waals surface area contributed by atoms with Crippen molar-refractivity contribution in [3.63, 3.8) is 0 Å². The van der Waals surface area contributed by atoms with Crippen LogP contribution in [0.25, 0.3) is 0 Å². The molecule has 0 saturated heterocycles. The molecule has 11 nitrogen and oxygen atoms in total. The van der Waals surface area contributed by atoms with E-state index >= 15 is 0 Å². The van der Waals surface area contributed by atoms with Crippen molar-refractivity contribution in [2.24, 2.45) is 13.0 Å². The number of aryl methyl sites for hydroxylation is 2. The highest BCUT2D eigenvalue weighted by atomic mass is 32.1. The Morgan fingerprint density at radius 2 is 2.03 bits per heavy atom. The van der Waals surface area contributed by atoms with Gasteiger partial charge in [-0.2, -0.15) is 8.78 Å². The van der Waals surface area contributed by atoms with Gasteiger partial charge in [0.05, 0.1) is 5.56 Å². The van der Waals surface area contributed by atoms with Crippen LogP contribution in [0.4, 0.5) is 24.4 Å². The van der Waals surface area contributed by atoms with Crippen LogP contribution in [0.2, 0.25) is 0 Å². The topological polar surface area (TPSA) is 131 Å². The molecule has 2 aliphatic rings. The lowest BCUT2D eigenvalue weighted by molar-refractivity contribution is -0.0531. The Kier molecular flexibility index (Phi) is 8.79. The lowest BCUT2D eigenvalue weighted by atomic mass is 9.91. The molecule has 2 amide bonds. The molecule has 5 N–H and O–H groups in total. The minimum Gasteiger partial charge on any atom is -0.444 e. The van der Waals surface area contributed by atoms with Gasteiger partial charge in [0.15, 0.2) is 5.11 Å². The fourth-order valence-corrected chi connectivity index (χ4v) is 5.57. The number of carbonyl (C=O) groups excluding carboxylic acids is 2. The monoisotopic (exact) mass is 585 g/mol. The Balaban J connectivity index is 1.41. The Morgan fingerprint density at radius 1 is 1.28 bits per heavy atom. The van der Waals surface area contributed by atoms with Crippen molar-refractivity contribution in [1.82, 2.24) is 25.8 Å². The van der Waals surface area contributed by atoms with Crippen LogP contribution < -0.4 is 31.5 Å². The van der Waals surface area contributed by atoms with Crippen molar-refractivity contribution < 1.29 is 27.8 Å². The Hall–Kier alpha value is -3.20. The molecule has 15 heteroatoms. The molecule has 2 aromatic rings. The van der Waals surface area contributed by atoms with E-state index in [0.717, 1.165) is 29.7 Å². The zero-order valence-electron chi connectivity index (χ0n) is 22.2. The van der Waals surface area contributed by atoms with Gasteiger partial charge >= 0.3 is 12.7 Å². The quantitative estimate of drug-likeness (QED) is 0.220. The number of alkyl halides is 2. The number of nitrogens with one attached hydrogen (secondary N) is 5. The second-order valence-corrected chi connectivity index (χ2v) is 12.0. The zero-order valence-corrected chi connectivity index (χ0v) is 23.8. The van der Waals surface area contributed by atoms with Crippen LogP contribution in [0.3, 0.4) is 0 Å². The van der Waals surface area contributed by atoms with Crippen LogP contribution in [0.15, 0.2) is 6.07 Å². The molecule has 39 heavy (non-hydrogen) atoms. The number of fused-ring (bicyclic) bond motifs is 1. The highest BCUT2D eigenvalue weighted by molar-refractivity contribution is 7.80. The van der Waals surface area contributed by atoms with Gasteiger partial charge in [-0.15, -0.1) is 16.4 Å². The van der Waals surface area contributed by atoms with E-state index in [9.17, 15) is 18.4 Å². The van der Waals surface area contributed by atoms with Crippen molar-refractivity contribution in [2.45, 2.75) is 71.1 Å². The number of hydrogen-bond acceptors (Lipinski definition) is 8. The normalized spacial score (nSPS) is 16.7. The molecule has 0 bridgehead atoms. The smallest absolute Gasteiger partial charge is 0.412 e. The molecule has 4 rings (SSSR count). The second-order valence-electron chi connectivity index (χ2n) is 10.5. The molecule has 0 aromatic carbocycles. The van der Waals surface area contributed by atoms with E-state index < -0.39 is 18.3 Å². The number of nitrogens with zero attached hydrogens (tertiary/aromatic N) is 2. The molecule has 1 atom stereocenters. The number of amides is 2. The zero-order chi connectivity index (χ0) is 28.3. The molecule has 1 saturated carbocycles. The molecule has 2 aromatic heterocycles. The predicted octanol–water partition coefficient (Wildman–Crippen LogP) is 3.92. The molecular weight excluding hydrogens is 552 g/mol. The van der Waals surface area contributed by atoms with E-state index in [1.54, 1.807) is 27.8 Å². The van der Waals surface area contributed by atoms with Crippen molar-refractivity contribution in [1.29, 1.82) is 0 Å². The van der Waals surface area contributed by atoms with E-state index in [2.05, 4.69) is 36.6 Å². The highest BCUT2D eigenvalue weighted by Crippen LogP contribution is 2.39. The van der Waals surface area contributed by atoms with Gasteiger partial charge in [0.25, 0.3) is 5.91 Å². The van der Waals surface area contributed by atoms with Crippen LogP contribution in [0.1, 0.15) is 60.8 Å². The minimum atomic E-state index is -2.97. The van der Waals surface area contributed by atoms with E-state index in [1.165, 1.54) is 22.1 Å².